The van der Waals surface area contributed by atoms with Gasteiger partial charge in [-0.2, -0.15) is 0 Å². The van der Waals surface area contributed by atoms with Crippen LogP contribution < -0.4 is 10.6 Å². The number of alkyl halides is 1. The molecule has 0 radical (unpaired) electrons. The summed E-state index contributed by atoms with van der Waals surface area (Å²) in [6.45, 7) is 0.506. The SMILES string of the molecule is COC(=O)c1cccc(NC(=O)NCCCCl)c1. The summed E-state index contributed by atoms with van der Waals surface area (Å²) in [6.07, 6.45) is 0.706. The lowest BCUT2D eigenvalue weighted by molar-refractivity contribution is 0.0600. The largest absolute Gasteiger partial charge is 0.465 e. The van der Waals surface area contributed by atoms with Gasteiger partial charge in [-0.25, -0.2) is 9.59 Å². The van der Waals surface area contributed by atoms with Crippen LogP contribution in [0.1, 0.15) is 16.8 Å². The second kappa shape index (κ2) is 7.55. The molecule has 0 unspecified atom stereocenters. The second-order valence-corrected chi connectivity index (χ2v) is 3.87. The highest BCUT2D eigenvalue weighted by atomic mass is 35.5. The minimum absolute atomic E-state index is 0.331. The lowest BCUT2D eigenvalue weighted by atomic mass is 10.2. The van der Waals surface area contributed by atoms with E-state index in [2.05, 4.69) is 15.4 Å². The van der Waals surface area contributed by atoms with Crippen molar-refractivity contribution in [1.82, 2.24) is 5.32 Å². The Morgan fingerprint density at radius 1 is 1.39 bits per heavy atom. The van der Waals surface area contributed by atoms with Crippen LogP contribution in [0, 0.1) is 0 Å². The van der Waals surface area contributed by atoms with Gasteiger partial charge in [0.2, 0.25) is 0 Å². The Labute approximate surface area is 110 Å². The van der Waals surface area contributed by atoms with Crippen LogP contribution in [0.5, 0.6) is 0 Å². The van der Waals surface area contributed by atoms with Crippen LogP contribution in [0.2, 0.25) is 0 Å². The van der Waals surface area contributed by atoms with Crippen molar-refractivity contribution in [3.8, 4) is 0 Å². The molecule has 6 heteroatoms. The molecule has 2 amide bonds. The molecule has 18 heavy (non-hydrogen) atoms. The van der Waals surface area contributed by atoms with Crippen molar-refractivity contribution in [3.05, 3.63) is 29.8 Å². The highest BCUT2D eigenvalue weighted by molar-refractivity contribution is 6.17. The Hall–Kier alpha value is -1.75. The van der Waals surface area contributed by atoms with Crippen LogP contribution in [0.4, 0.5) is 10.5 Å². The number of hydrogen-bond donors (Lipinski definition) is 2. The van der Waals surface area contributed by atoms with Crippen LogP contribution >= 0.6 is 11.6 Å². The molecule has 0 aliphatic carbocycles. The summed E-state index contributed by atoms with van der Waals surface area (Å²) in [4.78, 5) is 22.8. The van der Waals surface area contributed by atoms with Crippen LogP contribution in [0.25, 0.3) is 0 Å². The molecular weight excluding hydrogens is 256 g/mol. The van der Waals surface area contributed by atoms with Gasteiger partial charge in [-0.05, 0) is 24.6 Å². The zero-order valence-corrected chi connectivity index (χ0v) is 10.8. The first-order chi connectivity index (χ1) is 8.67. The maximum absolute atomic E-state index is 11.5. The van der Waals surface area contributed by atoms with Gasteiger partial charge in [0.05, 0.1) is 12.7 Å². The number of hydrogen-bond acceptors (Lipinski definition) is 3. The molecule has 0 aliphatic rings. The van der Waals surface area contributed by atoms with Gasteiger partial charge in [0.1, 0.15) is 0 Å². The summed E-state index contributed by atoms with van der Waals surface area (Å²) >= 11 is 5.49. The number of rotatable bonds is 5. The Morgan fingerprint density at radius 3 is 2.83 bits per heavy atom. The Kier molecular flexibility index (Phi) is 6.00. The molecule has 5 nitrogen and oxygen atoms in total. The molecule has 2 N–H and O–H groups in total. The number of nitrogens with one attached hydrogen (secondary N) is 2. The van der Waals surface area contributed by atoms with Crippen molar-refractivity contribution in [2.75, 3.05) is 24.9 Å². The number of anilines is 1. The van der Waals surface area contributed by atoms with Gasteiger partial charge in [-0.3, -0.25) is 0 Å². The minimum atomic E-state index is -0.443. The molecular formula is C12H15ClN2O3. The number of carbonyl (C=O) groups excluding carboxylic acids is 2. The van der Waals surface area contributed by atoms with Gasteiger partial charge in [0.25, 0.3) is 0 Å². The Morgan fingerprint density at radius 2 is 2.17 bits per heavy atom. The molecule has 1 aromatic carbocycles. The monoisotopic (exact) mass is 270 g/mol. The lowest BCUT2D eigenvalue weighted by Gasteiger charge is -2.07. The van der Waals surface area contributed by atoms with Crippen LogP contribution in [0.3, 0.4) is 0 Å². The van der Waals surface area contributed by atoms with Gasteiger partial charge in [0, 0.05) is 18.1 Å². The number of ether oxygens (including phenoxy) is 1. The molecule has 0 bridgehead atoms. The molecule has 0 saturated carbocycles. The molecule has 98 valence electrons. The van der Waals surface area contributed by atoms with E-state index in [1.165, 1.54) is 7.11 Å². The van der Waals surface area contributed by atoms with E-state index in [0.717, 1.165) is 0 Å². The first kappa shape index (κ1) is 14.3. The smallest absolute Gasteiger partial charge is 0.337 e. The van der Waals surface area contributed by atoms with E-state index in [-0.39, 0.29) is 6.03 Å². The van der Waals surface area contributed by atoms with Crippen LogP contribution in [0.15, 0.2) is 24.3 Å². The van der Waals surface area contributed by atoms with E-state index in [9.17, 15) is 9.59 Å². The first-order valence-corrected chi connectivity index (χ1v) is 6.00. The van der Waals surface area contributed by atoms with E-state index >= 15 is 0 Å². The van der Waals surface area contributed by atoms with Gasteiger partial charge >= 0.3 is 12.0 Å². The predicted octanol–water partition coefficient (Wildman–Crippen LogP) is 2.22. The maximum atomic E-state index is 11.5. The van der Waals surface area contributed by atoms with E-state index in [0.29, 0.717) is 30.1 Å². The molecule has 0 saturated heterocycles. The van der Waals surface area contributed by atoms with Crippen molar-refractivity contribution in [2.24, 2.45) is 0 Å². The van der Waals surface area contributed by atoms with Gasteiger partial charge < -0.3 is 15.4 Å². The number of esters is 1. The summed E-state index contributed by atoms with van der Waals surface area (Å²) in [7, 11) is 1.31. The Balaban J connectivity index is 2.56. The Bertz CT molecular complexity index is 424. The standard InChI is InChI=1S/C12H15ClN2O3/c1-18-11(16)9-4-2-5-10(8-9)15-12(17)14-7-3-6-13/h2,4-5,8H,3,6-7H2,1H3,(H2,14,15,17). The quantitative estimate of drug-likeness (QED) is 0.490. The number of urea groups is 1. The molecule has 0 aliphatic heterocycles. The zero-order chi connectivity index (χ0) is 13.4. The molecule has 0 fully saturated rings. The van der Waals surface area contributed by atoms with E-state index in [1.807, 2.05) is 0 Å². The number of amides is 2. The summed E-state index contributed by atoms with van der Waals surface area (Å²) < 4.78 is 4.59. The number of halogens is 1. The fourth-order valence-corrected chi connectivity index (χ4v) is 1.42. The molecule has 0 spiro atoms. The molecule has 1 aromatic rings. The van der Waals surface area contributed by atoms with Crippen molar-refractivity contribution in [3.63, 3.8) is 0 Å². The third-order valence-corrected chi connectivity index (χ3v) is 2.40. The molecule has 0 heterocycles. The second-order valence-electron chi connectivity index (χ2n) is 3.50. The number of carbonyl (C=O) groups is 2. The third kappa shape index (κ3) is 4.63. The zero-order valence-electron chi connectivity index (χ0n) is 10.0. The van der Waals surface area contributed by atoms with Crippen molar-refractivity contribution in [2.45, 2.75) is 6.42 Å². The van der Waals surface area contributed by atoms with Gasteiger partial charge in [-0.1, -0.05) is 6.07 Å². The molecule has 1 rings (SSSR count). The highest BCUT2D eigenvalue weighted by Crippen LogP contribution is 2.11. The van der Waals surface area contributed by atoms with Crippen molar-refractivity contribution >= 4 is 29.3 Å². The average Bonchev–Trinajstić information content (AvgIpc) is 2.38. The molecule has 0 atom stereocenters. The topological polar surface area (TPSA) is 67.4 Å². The first-order valence-electron chi connectivity index (χ1n) is 5.46. The van der Waals surface area contributed by atoms with E-state index in [4.69, 9.17) is 11.6 Å². The average molecular weight is 271 g/mol. The summed E-state index contributed by atoms with van der Waals surface area (Å²) in [5.41, 5.74) is 0.914. The fourth-order valence-electron chi connectivity index (χ4n) is 1.29. The highest BCUT2D eigenvalue weighted by Gasteiger charge is 2.07. The number of benzene rings is 1. The van der Waals surface area contributed by atoms with Crippen LogP contribution in [-0.2, 0) is 4.74 Å². The normalized spacial score (nSPS) is 9.67. The minimum Gasteiger partial charge on any atom is -0.465 e. The maximum Gasteiger partial charge on any atom is 0.337 e. The van der Waals surface area contributed by atoms with E-state index < -0.39 is 5.97 Å². The summed E-state index contributed by atoms with van der Waals surface area (Å²) in [5.74, 6) is 0.0548. The number of methoxy groups -OCH3 is 1. The summed E-state index contributed by atoms with van der Waals surface area (Å²) in [6, 6.07) is 6.19. The molecule has 0 aromatic heterocycles. The fraction of sp³-hybridized carbons (Fsp3) is 0.333. The van der Waals surface area contributed by atoms with Gasteiger partial charge in [-0.15, -0.1) is 11.6 Å². The lowest BCUT2D eigenvalue weighted by Crippen LogP contribution is -2.29. The van der Waals surface area contributed by atoms with Crippen LogP contribution in [-0.4, -0.2) is 31.5 Å². The van der Waals surface area contributed by atoms with Gasteiger partial charge in [0.15, 0.2) is 0 Å². The van der Waals surface area contributed by atoms with Crippen molar-refractivity contribution < 1.29 is 14.3 Å². The third-order valence-electron chi connectivity index (χ3n) is 2.14. The summed E-state index contributed by atoms with van der Waals surface area (Å²) in [5, 5.41) is 5.26. The van der Waals surface area contributed by atoms with E-state index in [1.54, 1.807) is 24.3 Å². The van der Waals surface area contributed by atoms with Crippen molar-refractivity contribution in [1.29, 1.82) is 0 Å². The predicted molar refractivity (Wildman–Crippen MR) is 70.1 cm³/mol.